The van der Waals surface area contributed by atoms with Gasteiger partial charge in [-0.05, 0) is 24.6 Å². The van der Waals surface area contributed by atoms with E-state index in [1.165, 1.54) is 12.1 Å². The van der Waals surface area contributed by atoms with Crippen molar-refractivity contribution in [3.8, 4) is 11.3 Å². The molecule has 0 saturated heterocycles. The third-order valence-corrected chi connectivity index (χ3v) is 2.15. The molecule has 15 heavy (non-hydrogen) atoms. The van der Waals surface area contributed by atoms with Crippen molar-refractivity contribution in [2.45, 2.75) is 6.92 Å². The summed E-state index contributed by atoms with van der Waals surface area (Å²) >= 11 is 0. The lowest BCUT2D eigenvalue weighted by atomic mass is 10.1. The molecule has 1 aromatic heterocycles. The van der Waals surface area contributed by atoms with Crippen molar-refractivity contribution in [1.82, 2.24) is 10.2 Å². The fourth-order valence-corrected chi connectivity index (χ4v) is 1.34. The van der Waals surface area contributed by atoms with Crippen LogP contribution < -0.4 is 5.56 Å². The van der Waals surface area contributed by atoms with Gasteiger partial charge in [-0.1, -0.05) is 12.1 Å². The van der Waals surface area contributed by atoms with Crippen molar-refractivity contribution in [2.24, 2.45) is 0 Å². The average molecular weight is 204 g/mol. The van der Waals surface area contributed by atoms with Gasteiger partial charge in [0.2, 0.25) is 0 Å². The Morgan fingerprint density at radius 1 is 1.27 bits per heavy atom. The van der Waals surface area contributed by atoms with Crippen molar-refractivity contribution >= 4 is 0 Å². The average Bonchev–Trinajstić information content (AvgIpc) is 2.24. The van der Waals surface area contributed by atoms with E-state index in [1.807, 2.05) is 0 Å². The molecule has 0 aliphatic rings. The fourth-order valence-electron chi connectivity index (χ4n) is 1.34. The van der Waals surface area contributed by atoms with E-state index >= 15 is 0 Å². The van der Waals surface area contributed by atoms with E-state index in [9.17, 15) is 9.18 Å². The van der Waals surface area contributed by atoms with Gasteiger partial charge in [0.05, 0.1) is 5.69 Å². The van der Waals surface area contributed by atoms with Crippen LogP contribution in [0.4, 0.5) is 4.39 Å². The van der Waals surface area contributed by atoms with Crippen LogP contribution in [0.15, 0.2) is 35.1 Å². The van der Waals surface area contributed by atoms with Crippen LogP contribution in [-0.2, 0) is 0 Å². The van der Waals surface area contributed by atoms with Crippen molar-refractivity contribution in [3.05, 3.63) is 52.1 Å². The molecule has 0 amide bonds. The predicted molar refractivity (Wildman–Crippen MR) is 55.0 cm³/mol. The first kappa shape index (κ1) is 9.58. The Hall–Kier alpha value is -1.97. The highest BCUT2D eigenvalue weighted by molar-refractivity contribution is 5.60. The number of nitrogens with one attached hydrogen (secondary N) is 1. The lowest BCUT2D eigenvalue weighted by Gasteiger charge is -2.03. The summed E-state index contributed by atoms with van der Waals surface area (Å²) in [5.74, 6) is -0.308. The number of aromatic amines is 1. The van der Waals surface area contributed by atoms with Gasteiger partial charge in [0, 0.05) is 11.6 Å². The molecule has 3 nitrogen and oxygen atoms in total. The molecular formula is C11H9FN2O. The number of H-pyrrole nitrogens is 1. The number of aromatic nitrogens is 2. The van der Waals surface area contributed by atoms with Crippen LogP contribution in [0, 0.1) is 12.7 Å². The molecule has 0 radical (unpaired) electrons. The third-order valence-electron chi connectivity index (χ3n) is 2.15. The van der Waals surface area contributed by atoms with E-state index in [0.717, 1.165) is 0 Å². The Morgan fingerprint density at radius 2 is 2.07 bits per heavy atom. The number of hydrogen-bond acceptors (Lipinski definition) is 2. The van der Waals surface area contributed by atoms with Gasteiger partial charge in [-0.25, -0.2) is 9.49 Å². The van der Waals surface area contributed by atoms with E-state index in [2.05, 4.69) is 10.2 Å². The molecule has 0 aliphatic carbocycles. The maximum absolute atomic E-state index is 13.7. The molecule has 0 bridgehead atoms. The van der Waals surface area contributed by atoms with Crippen LogP contribution in [0.3, 0.4) is 0 Å². The molecule has 0 saturated carbocycles. The zero-order chi connectivity index (χ0) is 10.8. The molecule has 1 aromatic carbocycles. The number of rotatable bonds is 1. The second-order valence-electron chi connectivity index (χ2n) is 3.24. The van der Waals surface area contributed by atoms with Gasteiger partial charge >= 0.3 is 0 Å². The Kier molecular flexibility index (Phi) is 2.33. The number of halogens is 1. The topological polar surface area (TPSA) is 45.8 Å². The first-order chi connectivity index (χ1) is 7.18. The van der Waals surface area contributed by atoms with Crippen LogP contribution in [-0.4, -0.2) is 10.2 Å². The molecule has 1 N–H and O–H groups in total. The molecule has 4 heteroatoms. The van der Waals surface area contributed by atoms with Crippen LogP contribution in [0.5, 0.6) is 0 Å². The SMILES string of the molecule is Cc1cccc(-c2ccc(=O)[nH]n2)c1F. The number of aryl methyl sites for hydroxylation is 1. The zero-order valence-electron chi connectivity index (χ0n) is 8.12. The van der Waals surface area contributed by atoms with E-state index < -0.39 is 0 Å². The lowest BCUT2D eigenvalue weighted by molar-refractivity contribution is 0.621. The molecule has 2 aromatic rings. The smallest absolute Gasteiger partial charge is 0.264 e. The predicted octanol–water partition coefficient (Wildman–Crippen LogP) is 1.88. The van der Waals surface area contributed by atoms with Crippen LogP contribution in [0.25, 0.3) is 11.3 Å². The minimum Gasteiger partial charge on any atom is -0.268 e. The second kappa shape index (κ2) is 3.65. The highest BCUT2D eigenvalue weighted by Crippen LogP contribution is 2.21. The quantitative estimate of drug-likeness (QED) is 0.770. The third kappa shape index (κ3) is 1.79. The molecule has 0 aliphatic heterocycles. The highest BCUT2D eigenvalue weighted by Gasteiger charge is 2.07. The van der Waals surface area contributed by atoms with Gasteiger partial charge < -0.3 is 0 Å². The summed E-state index contributed by atoms with van der Waals surface area (Å²) < 4.78 is 13.7. The van der Waals surface area contributed by atoms with Crippen molar-refractivity contribution in [3.63, 3.8) is 0 Å². The summed E-state index contributed by atoms with van der Waals surface area (Å²) in [6.07, 6.45) is 0. The molecule has 0 unspecified atom stereocenters. The number of benzene rings is 1. The van der Waals surface area contributed by atoms with Gasteiger partial charge in [-0.15, -0.1) is 0 Å². The van der Waals surface area contributed by atoms with Crippen LogP contribution in [0.2, 0.25) is 0 Å². The highest BCUT2D eigenvalue weighted by atomic mass is 19.1. The normalized spacial score (nSPS) is 10.3. The Morgan fingerprint density at radius 3 is 2.73 bits per heavy atom. The Bertz CT molecular complexity index is 528. The van der Waals surface area contributed by atoms with Gasteiger partial charge in [-0.2, -0.15) is 5.10 Å². The zero-order valence-corrected chi connectivity index (χ0v) is 8.12. The largest absolute Gasteiger partial charge is 0.268 e. The molecule has 0 atom stereocenters. The summed E-state index contributed by atoms with van der Waals surface area (Å²) in [5, 5.41) is 6.05. The van der Waals surface area contributed by atoms with Gasteiger partial charge in [0.25, 0.3) is 5.56 Å². The summed E-state index contributed by atoms with van der Waals surface area (Å²) in [4.78, 5) is 10.8. The fraction of sp³-hybridized carbons (Fsp3) is 0.0909. The summed E-state index contributed by atoms with van der Waals surface area (Å²) in [6, 6.07) is 7.88. The first-order valence-electron chi connectivity index (χ1n) is 4.50. The number of nitrogens with zero attached hydrogens (tertiary/aromatic N) is 1. The lowest BCUT2D eigenvalue weighted by Crippen LogP contribution is -2.06. The monoisotopic (exact) mass is 204 g/mol. The summed E-state index contributed by atoms with van der Waals surface area (Å²) in [5.41, 5.74) is 1.08. The minimum atomic E-state index is -0.308. The summed E-state index contributed by atoms with van der Waals surface area (Å²) in [7, 11) is 0. The van der Waals surface area contributed by atoms with E-state index in [4.69, 9.17) is 0 Å². The standard InChI is InChI=1S/C11H9FN2O/c1-7-3-2-4-8(11(7)12)9-5-6-10(15)14-13-9/h2-6H,1H3,(H,14,15). The van der Waals surface area contributed by atoms with Crippen molar-refractivity contribution in [1.29, 1.82) is 0 Å². The van der Waals surface area contributed by atoms with E-state index in [0.29, 0.717) is 16.8 Å². The molecular weight excluding hydrogens is 195 g/mol. The van der Waals surface area contributed by atoms with Gasteiger partial charge in [0.15, 0.2) is 0 Å². The maximum atomic E-state index is 13.7. The van der Waals surface area contributed by atoms with E-state index in [-0.39, 0.29) is 11.4 Å². The second-order valence-corrected chi connectivity index (χ2v) is 3.24. The molecule has 1 heterocycles. The minimum absolute atomic E-state index is 0.299. The first-order valence-corrected chi connectivity index (χ1v) is 4.50. The van der Waals surface area contributed by atoms with Gasteiger partial charge in [-0.3, -0.25) is 4.79 Å². The Labute approximate surface area is 85.6 Å². The summed E-state index contributed by atoms with van der Waals surface area (Å²) in [6.45, 7) is 1.69. The van der Waals surface area contributed by atoms with Crippen molar-refractivity contribution < 1.29 is 4.39 Å². The van der Waals surface area contributed by atoms with Crippen LogP contribution in [0.1, 0.15) is 5.56 Å². The van der Waals surface area contributed by atoms with E-state index in [1.54, 1.807) is 25.1 Å². The molecule has 2 rings (SSSR count). The maximum Gasteiger partial charge on any atom is 0.264 e. The van der Waals surface area contributed by atoms with Crippen LogP contribution >= 0.6 is 0 Å². The Balaban J connectivity index is 2.59. The van der Waals surface area contributed by atoms with Gasteiger partial charge in [0.1, 0.15) is 5.82 Å². The molecule has 0 spiro atoms. The van der Waals surface area contributed by atoms with Crippen molar-refractivity contribution in [2.75, 3.05) is 0 Å². The molecule has 0 fully saturated rings. The molecule has 76 valence electrons. The number of hydrogen-bond donors (Lipinski definition) is 1.